The molecule has 3 heterocycles. The van der Waals surface area contributed by atoms with E-state index in [1.54, 1.807) is 0 Å². The molecule has 0 bridgehead atoms. The van der Waals surface area contributed by atoms with Gasteiger partial charge in [-0.15, -0.1) is 0 Å². The number of hydrogen-bond acceptors (Lipinski definition) is 14. The van der Waals surface area contributed by atoms with Gasteiger partial charge in [-0.25, -0.2) is 14.8 Å². The molecule has 0 aromatic heterocycles. The Morgan fingerprint density at radius 1 is 1.33 bits per heavy atom. The third-order valence-electron chi connectivity index (χ3n) is 4.46. The zero-order valence-electron chi connectivity index (χ0n) is 13.3. The van der Waals surface area contributed by atoms with Crippen molar-refractivity contribution in [3.05, 3.63) is 0 Å². The fourth-order valence-corrected chi connectivity index (χ4v) is 3.64. The predicted molar refractivity (Wildman–Crippen MR) is 83.8 cm³/mol. The molecule has 0 radical (unpaired) electrons. The van der Waals surface area contributed by atoms with Crippen LogP contribution in [0.2, 0.25) is 0 Å². The predicted octanol–water partition coefficient (Wildman–Crippen LogP) is -6.13. The zero-order valence-corrected chi connectivity index (χ0v) is 14.2. The average molecular weight is 411 g/mol. The molecule has 0 aromatic rings. The summed E-state index contributed by atoms with van der Waals surface area (Å²) in [5, 5.41) is 43.4. The van der Waals surface area contributed by atoms with E-state index >= 15 is 0 Å². The number of aliphatic hydroxyl groups is 4. The Balaban J connectivity index is 1.92. The maximum absolute atomic E-state index is 11.4. The van der Waals surface area contributed by atoms with Crippen LogP contribution in [0.3, 0.4) is 0 Å². The Morgan fingerprint density at radius 3 is 2.56 bits per heavy atom. The van der Waals surface area contributed by atoms with Crippen LogP contribution in [0.5, 0.6) is 0 Å². The summed E-state index contributed by atoms with van der Waals surface area (Å²) in [7, 11) is -4.86. The summed E-state index contributed by atoms with van der Waals surface area (Å²) < 4.78 is 35.5. The molecule has 1 amide bonds. The van der Waals surface area contributed by atoms with Gasteiger partial charge in [0.05, 0.1) is 6.54 Å². The van der Waals surface area contributed by atoms with Gasteiger partial charge in [0.2, 0.25) is 11.4 Å². The van der Waals surface area contributed by atoms with E-state index < -0.39 is 58.9 Å². The molecule has 27 heavy (non-hydrogen) atoms. The number of amides is 1. The summed E-state index contributed by atoms with van der Waals surface area (Å²) in [6.07, 6.45) is -1.55. The highest BCUT2D eigenvalue weighted by atomic mass is 32.2. The molecule has 0 aromatic carbocycles. The summed E-state index contributed by atoms with van der Waals surface area (Å²) in [4.78, 5) is 20.2. The lowest BCUT2D eigenvalue weighted by atomic mass is 9.85. The van der Waals surface area contributed by atoms with E-state index in [0.717, 1.165) is 9.62 Å². The number of ether oxygens (including phenoxy) is 1. The van der Waals surface area contributed by atoms with Crippen LogP contribution in [0.15, 0.2) is 9.98 Å². The van der Waals surface area contributed by atoms with Gasteiger partial charge in [-0.05, 0) is 0 Å². The number of rotatable bonds is 3. The van der Waals surface area contributed by atoms with Crippen molar-refractivity contribution >= 4 is 28.3 Å². The van der Waals surface area contributed by atoms with Crippen LogP contribution in [0.25, 0.3) is 0 Å². The second-order valence-corrected chi connectivity index (χ2v) is 7.31. The first-order valence-electron chi connectivity index (χ1n) is 7.25. The molecular formula is C10H17N7O9S. The Bertz CT molecular complexity index is 840. The largest absolute Gasteiger partial charge is 0.446 e. The van der Waals surface area contributed by atoms with Crippen LogP contribution in [-0.2, 0) is 15.0 Å². The SMILES string of the molecule is NC1=NC2C(COC(=O)NS(=O)(=O)O)N=C(N)N3CC(O)(O)C(O)(O)C23N1. The van der Waals surface area contributed by atoms with Gasteiger partial charge >= 0.3 is 16.4 Å². The second kappa shape index (κ2) is 5.53. The lowest BCUT2D eigenvalue weighted by molar-refractivity contribution is -0.357. The van der Waals surface area contributed by atoms with Gasteiger partial charge in [0.1, 0.15) is 18.7 Å². The van der Waals surface area contributed by atoms with E-state index in [9.17, 15) is 33.6 Å². The second-order valence-electron chi connectivity index (χ2n) is 6.16. The Hall–Kier alpha value is -2.44. The van der Waals surface area contributed by atoms with Gasteiger partial charge in [0.15, 0.2) is 11.9 Å². The zero-order chi connectivity index (χ0) is 20.4. The van der Waals surface area contributed by atoms with Gasteiger partial charge in [-0.1, -0.05) is 0 Å². The minimum Gasteiger partial charge on any atom is -0.446 e. The highest BCUT2D eigenvalue weighted by molar-refractivity contribution is 7.84. The number of carbonyl (C=O) groups is 1. The van der Waals surface area contributed by atoms with Crippen LogP contribution < -0.4 is 21.5 Å². The van der Waals surface area contributed by atoms with Crippen LogP contribution in [0.1, 0.15) is 0 Å². The van der Waals surface area contributed by atoms with Crippen molar-refractivity contribution in [3.63, 3.8) is 0 Å². The van der Waals surface area contributed by atoms with E-state index in [1.807, 2.05) is 0 Å². The van der Waals surface area contributed by atoms with Gasteiger partial charge in [0, 0.05) is 0 Å². The molecule has 1 spiro atoms. The number of carbonyl (C=O) groups excluding carboxylic acids is 1. The third kappa shape index (κ3) is 2.71. The first kappa shape index (κ1) is 19.3. The molecular weight excluding hydrogens is 394 g/mol. The number of aliphatic imine (C=N–C) groups is 2. The number of hydrogen-bond donors (Lipinski definition) is 9. The van der Waals surface area contributed by atoms with Crippen molar-refractivity contribution in [3.8, 4) is 0 Å². The molecule has 0 saturated carbocycles. The lowest BCUT2D eigenvalue weighted by Gasteiger charge is -2.48. The number of nitrogens with one attached hydrogen (secondary N) is 2. The third-order valence-corrected chi connectivity index (χ3v) is 4.88. The van der Waals surface area contributed by atoms with E-state index in [-0.39, 0.29) is 11.9 Å². The van der Waals surface area contributed by atoms with E-state index in [4.69, 9.17) is 16.0 Å². The van der Waals surface area contributed by atoms with Gasteiger partial charge in [-0.3, -0.25) is 4.55 Å². The molecule has 0 aliphatic carbocycles. The van der Waals surface area contributed by atoms with Gasteiger partial charge < -0.3 is 46.8 Å². The quantitative estimate of drug-likeness (QED) is 0.155. The minimum atomic E-state index is -4.86. The van der Waals surface area contributed by atoms with Gasteiger partial charge in [-0.2, -0.15) is 13.1 Å². The van der Waals surface area contributed by atoms with Gasteiger partial charge in [0.25, 0.3) is 5.79 Å². The maximum Gasteiger partial charge on any atom is 0.422 e. The number of guanidine groups is 2. The number of nitrogens with two attached hydrogens (primary N) is 2. The smallest absolute Gasteiger partial charge is 0.422 e. The minimum absolute atomic E-state index is 0.313. The van der Waals surface area contributed by atoms with Crippen molar-refractivity contribution in [2.45, 2.75) is 29.3 Å². The highest BCUT2D eigenvalue weighted by Gasteiger charge is 2.78. The summed E-state index contributed by atoms with van der Waals surface area (Å²) in [6, 6.07) is -2.56. The molecule has 17 heteroatoms. The lowest BCUT2D eigenvalue weighted by Crippen LogP contribution is -2.78. The fourth-order valence-electron chi connectivity index (χ4n) is 3.37. The van der Waals surface area contributed by atoms with Crippen LogP contribution >= 0.6 is 0 Å². The van der Waals surface area contributed by atoms with Crippen molar-refractivity contribution < 1.29 is 42.9 Å². The molecule has 1 fully saturated rings. The average Bonchev–Trinajstić information content (AvgIpc) is 2.91. The first-order valence-corrected chi connectivity index (χ1v) is 8.69. The summed E-state index contributed by atoms with van der Waals surface area (Å²) >= 11 is 0. The maximum atomic E-state index is 11.4. The molecule has 3 rings (SSSR count). The van der Waals surface area contributed by atoms with E-state index in [2.05, 4.69) is 20.0 Å². The van der Waals surface area contributed by atoms with Crippen LogP contribution in [0.4, 0.5) is 4.79 Å². The molecule has 152 valence electrons. The topological polar surface area (TPSA) is 266 Å². The molecule has 3 aliphatic rings. The Labute approximate surface area is 151 Å². The molecule has 3 atom stereocenters. The summed E-state index contributed by atoms with van der Waals surface area (Å²) in [5.41, 5.74) is 9.22. The Kier molecular flexibility index (Phi) is 3.96. The fraction of sp³-hybridized carbons (Fsp3) is 0.700. The molecule has 11 N–H and O–H groups in total. The summed E-state index contributed by atoms with van der Waals surface area (Å²) in [6.45, 7) is -1.45. The van der Waals surface area contributed by atoms with Crippen molar-refractivity contribution in [1.82, 2.24) is 14.9 Å². The van der Waals surface area contributed by atoms with Crippen LogP contribution in [0, 0.1) is 0 Å². The summed E-state index contributed by atoms with van der Waals surface area (Å²) in [5.74, 6) is -7.00. The molecule has 3 unspecified atom stereocenters. The monoisotopic (exact) mass is 411 g/mol. The van der Waals surface area contributed by atoms with Crippen molar-refractivity contribution in [1.29, 1.82) is 0 Å². The van der Waals surface area contributed by atoms with Crippen LogP contribution in [-0.4, -0.2) is 98.8 Å². The first-order chi connectivity index (χ1) is 12.2. The number of nitrogens with zero attached hydrogens (tertiary/aromatic N) is 3. The molecule has 16 nitrogen and oxygen atoms in total. The highest BCUT2D eigenvalue weighted by Crippen LogP contribution is 2.47. The van der Waals surface area contributed by atoms with Crippen molar-refractivity contribution in [2.75, 3.05) is 13.2 Å². The standard InChI is InChI=1S/C10H17N7O9S/c11-5-14-4-3(1-26-7(18)16-27(23,24)25)13-6(12)17-2-8(19,20)10(21,22)9(4,17)15-5/h3-4,19-22H,1-2H2,(H2,12,13)(H,16,18)(H3,11,14,15)(H,23,24,25). The molecule has 1 saturated heterocycles. The van der Waals surface area contributed by atoms with E-state index in [0.29, 0.717) is 0 Å². The van der Waals surface area contributed by atoms with E-state index in [1.165, 1.54) is 0 Å². The van der Waals surface area contributed by atoms with Crippen molar-refractivity contribution in [2.24, 2.45) is 21.5 Å². The normalized spacial score (nSPS) is 33.3. The Morgan fingerprint density at radius 2 is 1.96 bits per heavy atom. The molecule has 3 aliphatic heterocycles.